The topological polar surface area (TPSA) is 0 Å². The predicted octanol–water partition coefficient (Wildman–Crippen LogP) is 9.29. The lowest BCUT2D eigenvalue weighted by Crippen LogP contribution is -2.31. The molecule has 0 N–H and O–H groups in total. The van der Waals surface area contributed by atoms with Crippen molar-refractivity contribution in [2.45, 2.75) is 107 Å². The van der Waals surface area contributed by atoms with E-state index >= 15 is 0 Å². The van der Waals surface area contributed by atoms with Gasteiger partial charge in [0, 0.05) is 0 Å². The van der Waals surface area contributed by atoms with E-state index in [4.69, 9.17) is 0 Å². The number of allylic oxidation sites excluding steroid dienone is 1. The Morgan fingerprint density at radius 2 is 1.36 bits per heavy atom. The lowest BCUT2D eigenvalue weighted by Gasteiger charge is -2.41. The summed E-state index contributed by atoms with van der Waals surface area (Å²) in [6, 6.07) is 9.15. The minimum absolute atomic E-state index is 0.163. The van der Waals surface area contributed by atoms with E-state index < -0.39 is 0 Å². The van der Waals surface area contributed by atoms with E-state index in [0.717, 1.165) is 12.3 Å². The third kappa shape index (κ3) is 6.50. The smallest absolute Gasteiger partial charge is 0.0106 e. The van der Waals surface area contributed by atoms with Crippen LogP contribution in [0.15, 0.2) is 30.3 Å². The average molecular weight is 385 g/mol. The summed E-state index contributed by atoms with van der Waals surface area (Å²) in [5.41, 5.74) is 3.87. The Bertz CT molecular complexity index is 621. The molecule has 0 spiro atoms. The van der Waals surface area contributed by atoms with Crippen LogP contribution in [0.1, 0.15) is 113 Å². The van der Waals surface area contributed by atoms with E-state index in [2.05, 4.69) is 113 Å². The van der Waals surface area contributed by atoms with Crippen molar-refractivity contribution in [2.24, 2.45) is 22.2 Å². The van der Waals surface area contributed by atoms with Crippen molar-refractivity contribution >= 4 is 6.08 Å². The van der Waals surface area contributed by atoms with E-state index in [0.29, 0.717) is 5.41 Å². The van der Waals surface area contributed by atoms with Gasteiger partial charge in [0.2, 0.25) is 0 Å². The first-order valence-corrected chi connectivity index (χ1v) is 11.4. The van der Waals surface area contributed by atoms with Crippen molar-refractivity contribution < 1.29 is 0 Å². The summed E-state index contributed by atoms with van der Waals surface area (Å²) in [7, 11) is 0. The first-order chi connectivity index (χ1) is 12.6. The minimum atomic E-state index is 0.163. The van der Waals surface area contributed by atoms with Gasteiger partial charge in [-0.05, 0) is 58.0 Å². The van der Waals surface area contributed by atoms with Crippen molar-refractivity contribution in [1.29, 1.82) is 0 Å². The van der Waals surface area contributed by atoms with Gasteiger partial charge in [0.05, 0.1) is 0 Å². The Hall–Kier alpha value is -1.04. The highest BCUT2D eigenvalue weighted by Crippen LogP contribution is 2.45. The molecule has 1 aromatic rings. The number of benzene rings is 1. The van der Waals surface area contributed by atoms with Crippen LogP contribution in [0.2, 0.25) is 0 Å². The van der Waals surface area contributed by atoms with Gasteiger partial charge in [-0.2, -0.15) is 0 Å². The maximum Gasteiger partial charge on any atom is -0.0106 e. The molecule has 160 valence electrons. The van der Waals surface area contributed by atoms with Gasteiger partial charge in [0.1, 0.15) is 0 Å². The summed E-state index contributed by atoms with van der Waals surface area (Å²) in [4.78, 5) is 0. The molecule has 0 aliphatic heterocycles. The van der Waals surface area contributed by atoms with E-state index in [1.165, 1.54) is 30.4 Å². The van der Waals surface area contributed by atoms with Gasteiger partial charge in [-0.3, -0.25) is 0 Å². The molecule has 0 fully saturated rings. The number of rotatable bonds is 10. The van der Waals surface area contributed by atoms with E-state index in [1.54, 1.807) is 0 Å². The lowest BCUT2D eigenvalue weighted by atomic mass is 9.64. The third-order valence-electron chi connectivity index (χ3n) is 8.20. The van der Waals surface area contributed by atoms with Crippen LogP contribution < -0.4 is 0 Å². The van der Waals surface area contributed by atoms with Crippen LogP contribution in [0.4, 0.5) is 0 Å². The molecule has 0 heteroatoms. The first kappa shape index (κ1) is 25.0. The van der Waals surface area contributed by atoms with E-state index in [9.17, 15) is 0 Å². The maximum absolute atomic E-state index is 2.44. The molecule has 0 atom stereocenters. The summed E-state index contributed by atoms with van der Waals surface area (Å²) in [6.45, 7) is 26.1. The molecular weight excluding hydrogens is 336 g/mol. The highest BCUT2D eigenvalue weighted by molar-refractivity contribution is 5.51. The monoisotopic (exact) mass is 384 g/mol. The second-order valence-electron chi connectivity index (χ2n) is 11.8. The Balaban J connectivity index is 2.80. The molecule has 1 rings (SSSR count). The highest BCUT2D eigenvalue weighted by atomic mass is 14.4. The van der Waals surface area contributed by atoms with Gasteiger partial charge in [-0.1, -0.05) is 119 Å². The van der Waals surface area contributed by atoms with Crippen molar-refractivity contribution in [1.82, 2.24) is 0 Å². The van der Waals surface area contributed by atoms with Crippen molar-refractivity contribution in [3.63, 3.8) is 0 Å². The SMILES string of the molecule is CCC(C)(C)c1ccc(C=CC(C)(C)C(C)(C)CCCC(C)(C)C(C)C)cc1. The molecular formula is C28H48. The van der Waals surface area contributed by atoms with Crippen LogP contribution in [-0.2, 0) is 5.41 Å². The lowest BCUT2D eigenvalue weighted by molar-refractivity contribution is 0.131. The zero-order chi connectivity index (χ0) is 21.8. The second-order valence-corrected chi connectivity index (χ2v) is 11.8. The van der Waals surface area contributed by atoms with Crippen LogP contribution in [0.25, 0.3) is 6.08 Å². The largest absolute Gasteiger partial charge is 0.0777 e. The molecule has 0 radical (unpaired) electrons. The summed E-state index contributed by atoms with van der Waals surface area (Å²) in [5, 5.41) is 0. The van der Waals surface area contributed by atoms with Gasteiger partial charge in [-0.15, -0.1) is 0 Å². The van der Waals surface area contributed by atoms with Crippen LogP contribution in [0.5, 0.6) is 0 Å². The fourth-order valence-corrected chi connectivity index (χ4v) is 3.38. The molecule has 0 heterocycles. The van der Waals surface area contributed by atoms with E-state index in [-0.39, 0.29) is 16.2 Å². The van der Waals surface area contributed by atoms with Crippen LogP contribution >= 0.6 is 0 Å². The van der Waals surface area contributed by atoms with E-state index in [1.807, 2.05) is 0 Å². The van der Waals surface area contributed by atoms with Crippen molar-refractivity contribution in [2.75, 3.05) is 0 Å². The normalized spacial score (nSPS) is 14.3. The standard InChI is InChI=1S/C28H48/c1-12-25(4,5)24-16-14-23(15-17-24)18-21-28(10,11)27(8,9)20-13-19-26(6,7)22(2)3/h14-18,21-22H,12-13,19-20H2,1-11H3. The molecule has 0 saturated heterocycles. The van der Waals surface area contributed by atoms with Gasteiger partial charge < -0.3 is 0 Å². The molecule has 1 aromatic carbocycles. The summed E-state index contributed by atoms with van der Waals surface area (Å²) < 4.78 is 0. The maximum atomic E-state index is 2.44. The van der Waals surface area contributed by atoms with Gasteiger partial charge in [-0.25, -0.2) is 0 Å². The predicted molar refractivity (Wildman–Crippen MR) is 129 cm³/mol. The Morgan fingerprint density at radius 3 is 1.82 bits per heavy atom. The molecule has 28 heavy (non-hydrogen) atoms. The quantitative estimate of drug-likeness (QED) is 0.377. The summed E-state index contributed by atoms with van der Waals surface area (Å²) in [5.74, 6) is 0.740. The average Bonchev–Trinajstić information content (AvgIpc) is 2.59. The molecule has 0 amide bonds. The summed E-state index contributed by atoms with van der Waals surface area (Å²) in [6.07, 6.45) is 9.79. The number of hydrogen-bond donors (Lipinski definition) is 0. The fraction of sp³-hybridized carbons (Fsp3) is 0.714. The molecule has 0 unspecified atom stereocenters. The second kappa shape index (κ2) is 9.19. The van der Waals surface area contributed by atoms with Crippen LogP contribution in [0.3, 0.4) is 0 Å². The highest BCUT2D eigenvalue weighted by Gasteiger charge is 2.35. The van der Waals surface area contributed by atoms with Gasteiger partial charge >= 0.3 is 0 Å². The van der Waals surface area contributed by atoms with Crippen molar-refractivity contribution in [3.8, 4) is 0 Å². The molecule has 0 aliphatic rings. The van der Waals surface area contributed by atoms with Crippen LogP contribution in [-0.4, -0.2) is 0 Å². The summed E-state index contributed by atoms with van der Waals surface area (Å²) >= 11 is 0. The van der Waals surface area contributed by atoms with Gasteiger partial charge in [0.15, 0.2) is 0 Å². The zero-order valence-electron chi connectivity index (χ0n) is 20.9. The third-order valence-corrected chi connectivity index (χ3v) is 8.20. The number of hydrogen-bond acceptors (Lipinski definition) is 0. The molecule has 0 nitrogen and oxygen atoms in total. The Labute approximate surface area is 177 Å². The molecule has 0 bridgehead atoms. The molecule has 0 aromatic heterocycles. The first-order valence-electron chi connectivity index (χ1n) is 11.4. The van der Waals surface area contributed by atoms with Crippen LogP contribution in [0, 0.1) is 22.2 Å². The molecule has 0 aliphatic carbocycles. The zero-order valence-corrected chi connectivity index (χ0v) is 20.9. The van der Waals surface area contributed by atoms with Gasteiger partial charge in [0.25, 0.3) is 0 Å². The Morgan fingerprint density at radius 1 is 0.821 bits per heavy atom. The van der Waals surface area contributed by atoms with Crippen molar-refractivity contribution in [3.05, 3.63) is 41.5 Å². The fourth-order valence-electron chi connectivity index (χ4n) is 3.38. The minimum Gasteiger partial charge on any atom is -0.0777 e. The Kier molecular flexibility index (Phi) is 8.20. The molecule has 0 saturated carbocycles.